The highest BCUT2D eigenvalue weighted by Crippen LogP contribution is 2.34. The van der Waals surface area contributed by atoms with Crippen molar-refractivity contribution in [3.05, 3.63) is 58.1 Å². The molecule has 0 spiro atoms. The first-order chi connectivity index (χ1) is 10.8. The van der Waals surface area contributed by atoms with Gasteiger partial charge in [0.25, 0.3) is 0 Å². The molecule has 2 rings (SSSR count). The second-order valence-corrected chi connectivity index (χ2v) is 4.44. The molecule has 5 nitrogen and oxygen atoms in total. The van der Waals surface area contributed by atoms with Gasteiger partial charge in [-0.3, -0.25) is 10.1 Å². The van der Waals surface area contributed by atoms with Gasteiger partial charge in [0.2, 0.25) is 5.75 Å². The zero-order chi connectivity index (χ0) is 17.0. The van der Waals surface area contributed by atoms with E-state index in [1.165, 1.54) is 30.3 Å². The molecule has 0 bridgehead atoms. The van der Waals surface area contributed by atoms with Crippen LogP contribution in [0.2, 0.25) is 0 Å². The lowest BCUT2D eigenvalue weighted by Gasteiger charge is -2.10. The van der Waals surface area contributed by atoms with Crippen molar-refractivity contribution in [2.75, 3.05) is 6.61 Å². The first-order valence-electron chi connectivity index (χ1n) is 6.57. The van der Waals surface area contributed by atoms with Crippen molar-refractivity contribution in [3.63, 3.8) is 0 Å². The van der Waals surface area contributed by atoms with Crippen LogP contribution in [0.1, 0.15) is 12.5 Å². The normalized spacial score (nSPS) is 11.1. The summed E-state index contributed by atoms with van der Waals surface area (Å²) in [5.41, 5.74) is -1.00. The Kier molecular flexibility index (Phi) is 4.73. The zero-order valence-corrected chi connectivity index (χ0v) is 12.0. The monoisotopic (exact) mass is 327 g/mol. The van der Waals surface area contributed by atoms with Crippen LogP contribution in [0.5, 0.6) is 17.2 Å². The second kappa shape index (κ2) is 6.55. The van der Waals surface area contributed by atoms with Crippen molar-refractivity contribution in [1.82, 2.24) is 0 Å². The number of hydrogen-bond donors (Lipinski definition) is 0. The SMILES string of the molecule is CCOc1cc(Oc2ccc(C(F)(F)F)cc2)ccc1[N+](=O)[O-]. The minimum absolute atomic E-state index is 0.0295. The largest absolute Gasteiger partial charge is 0.487 e. The minimum Gasteiger partial charge on any atom is -0.487 e. The number of nitro benzene ring substituents is 1. The molecule has 0 atom stereocenters. The predicted octanol–water partition coefficient (Wildman–Crippen LogP) is 4.80. The van der Waals surface area contributed by atoms with E-state index in [9.17, 15) is 23.3 Å². The fraction of sp³-hybridized carbons (Fsp3) is 0.200. The van der Waals surface area contributed by atoms with E-state index in [0.29, 0.717) is 0 Å². The Labute approximate surface area is 129 Å². The molecule has 0 saturated carbocycles. The number of nitro groups is 1. The van der Waals surface area contributed by atoms with Gasteiger partial charge in [-0.25, -0.2) is 0 Å². The molecule has 0 N–H and O–H groups in total. The summed E-state index contributed by atoms with van der Waals surface area (Å²) in [6.07, 6.45) is -4.42. The van der Waals surface area contributed by atoms with Crippen LogP contribution >= 0.6 is 0 Å². The topological polar surface area (TPSA) is 61.6 Å². The summed E-state index contributed by atoms with van der Waals surface area (Å²) in [7, 11) is 0. The first-order valence-corrected chi connectivity index (χ1v) is 6.57. The molecule has 2 aromatic carbocycles. The molecule has 0 aliphatic carbocycles. The van der Waals surface area contributed by atoms with E-state index in [1.54, 1.807) is 6.92 Å². The number of hydrogen-bond acceptors (Lipinski definition) is 4. The minimum atomic E-state index is -4.42. The number of nitrogens with zero attached hydrogens (tertiary/aromatic N) is 1. The molecule has 0 amide bonds. The molecule has 2 aromatic rings. The molecule has 0 aliphatic heterocycles. The summed E-state index contributed by atoms with van der Waals surface area (Å²) in [6, 6.07) is 8.01. The van der Waals surface area contributed by atoms with Gasteiger partial charge >= 0.3 is 11.9 Å². The van der Waals surface area contributed by atoms with E-state index in [-0.39, 0.29) is 29.5 Å². The summed E-state index contributed by atoms with van der Waals surface area (Å²) >= 11 is 0. The van der Waals surface area contributed by atoms with Crippen molar-refractivity contribution >= 4 is 5.69 Å². The van der Waals surface area contributed by atoms with E-state index < -0.39 is 16.7 Å². The molecule has 0 saturated heterocycles. The third-order valence-electron chi connectivity index (χ3n) is 2.85. The second-order valence-electron chi connectivity index (χ2n) is 4.44. The van der Waals surface area contributed by atoms with Crippen LogP contribution in [0.25, 0.3) is 0 Å². The summed E-state index contributed by atoms with van der Waals surface area (Å²) in [6.45, 7) is 1.90. The fourth-order valence-corrected chi connectivity index (χ4v) is 1.83. The number of halogens is 3. The maximum atomic E-state index is 12.5. The Balaban J connectivity index is 2.23. The van der Waals surface area contributed by atoms with Crippen molar-refractivity contribution in [2.24, 2.45) is 0 Å². The molecule has 8 heteroatoms. The zero-order valence-electron chi connectivity index (χ0n) is 12.0. The Morgan fingerprint density at radius 3 is 2.22 bits per heavy atom. The van der Waals surface area contributed by atoms with E-state index in [4.69, 9.17) is 9.47 Å². The van der Waals surface area contributed by atoms with Gasteiger partial charge in [-0.2, -0.15) is 13.2 Å². The Morgan fingerprint density at radius 1 is 1.09 bits per heavy atom. The van der Waals surface area contributed by atoms with E-state index in [2.05, 4.69) is 0 Å². The van der Waals surface area contributed by atoms with E-state index in [1.807, 2.05) is 0 Å². The lowest BCUT2D eigenvalue weighted by atomic mass is 10.2. The van der Waals surface area contributed by atoms with Gasteiger partial charge in [0.05, 0.1) is 17.1 Å². The van der Waals surface area contributed by atoms with Crippen molar-refractivity contribution in [1.29, 1.82) is 0 Å². The van der Waals surface area contributed by atoms with Crippen LogP contribution < -0.4 is 9.47 Å². The highest BCUT2D eigenvalue weighted by Gasteiger charge is 2.30. The fourth-order valence-electron chi connectivity index (χ4n) is 1.83. The number of benzene rings is 2. The van der Waals surface area contributed by atoms with Crippen molar-refractivity contribution in [3.8, 4) is 17.2 Å². The van der Waals surface area contributed by atoms with Crippen LogP contribution in [0.4, 0.5) is 18.9 Å². The smallest absolute Gasteiger partial charge is 0.416 e. The molecule has 0 fully saturated rings. The average molecular weight is 327 g/mol. The van der Waals surface area contributed by atoms with Crippen LogP contribution in [0.15, 0.2) is 42.5 Å². The summed E-state index contributed by atoms with van der Waals surface area (Å²) in [5, 5.41) is 10.9. The lowest BCUT2D eigenvalue weighted by Crippen LogP contribution is -2.04. The van der Waals surface area contributed by atoms with E-state index in [0.717, 1.165) is 12.1 Å². The molecule has 0 aliphatic rings. The molecule has 122 valence electrons. The maximum Gasteiger partial charge on any atom is 0.416 e. The van der Waals surface area contributed by atoms with Gasteiger partial charge in [0.15, 0.2) is 0 Å². The average Bonchev–Trinajstić information content (AvgIpc) is 2.47. The number of alkyl halides is 3. The van der Waals surface area contributed by atoms with E-state index >= 15 is 0 Å². The molecule has 0 aromatic heterocycles. The summed E-state index contributed by atoms with van der Waals surface area (Å²) in [4.78, 5) is 10.3. The molecule has 23 heavy (non-hydrogen) atoms. The Bertz CT molecular complexity index is 699. The highest BCUT2D eigenvalue weighted by atomic mass is 19.4. The third kappa shape index (κ3) is 4.12. The molecule has 0 radical (unpaired) electrons. The van der Waals surface area contributed by atoms with Crippen molar-refractivity contribution in [2.45, 2.75) is 13.1 Å². The summed E-state index contributed by atoms with van der Waals surface area (Å²) < 4.78 is 48.0. The van der Waals surface area contributed by atoms with Gasteiger partial charge in [0, 0.05) is 12.1 Å². The predicted molar refractivity (Wildman–Crippen MR) is 75.8 cm³/mol. The van der Waals surface area contributed by atoms with Gasteiger partial charge < -0.3 is 9.47 Å². The van der Waals surface area contributed by atoms with Crippen LogP contribution in [-0.2, 0) is 6.18 Å². The lowest BCUT2D eigenvalue weighted by molar-refractivity contribution is -0.385. The van der Waals surface area contributed by atoms with Crippen LogP contribution in [-0.4, -0.2) is 11.5 Å². The first kappa shape index (κ1) is 16.6. The van der Waals surface area contributed by atoms with Crippen LogP contribution in [0, 0.1) is 10.1 Å². The molecular formula is C15H12F3NO4. The van der Waals surface area contributed by atoms with Gasteiger partial charge in [-0.15, -0.1) is 0 Å². The Hall–Kier alpha value is -2.77. The third-order valence-corrected chi connectivity index (χ3v) is 2.85. The number of ether oxygens (including phenoxy) is 2. The summed E-state index contributed by atoms with van der Waals surface area (Å²) in [5.74, 6) is 0.426. The molecule has 0 unspecified atom stereocenters. The quantitative estimate of drug-likeness (QED) is 0.584. The van der Waals surface area contributed by atoms with Gasteiger partial charge in [0.1, 0.15) is 11.5 Å². The standard InChI is InChI=1S/C15H12F3NO4/c1-2-22-14-9-12(7-8-13(14)19(20)21)23-11-5-3-10(4-6-11)15(16,17)18/h3-9H,2H2,1H3. The molecule has 0 heterocycles. The molecular weight excluding hydrogens is 315 g/mol. The van der Waals surface area contributed by atoms with Gasteiger partial charge in [-0.05, 0) is 37.3 Å². The van der Waals surface area contributed by atoms with Crippen LogP contribution in [0.3, 0.4) is 0 Å². The van der Waals surface area contributed by atoms with Gasteiger partial charge in [-0.1, -0.05) is 0 Å². The highest BCUT2D eigenvalue weighted by molar-refractivity contribution is 5.51. The maximum absolute atomic E-state index is 12.5. The van der Waals surface area contributed by atoms with Crippen molar-refractivity contribution < 1.29 is 27.6 Å². The number of rotatable bonds is 5. The Morgan fingerprint density at radius 2 is 1.70 bits per heavy atom.